The molecule has 0 saturated heterocycles. The van der Waals surface area contributed by atoms with Gasteiger partial charge in [0.2, 0.25) is 5.91 Å². The van der Waals surface area contributed by atoms with Crippen LogP contribution in [0.15, 0.2) is 18.2 Å². The first-order valence-corrected chi connectivity index (χ1v) is 7.06. The summed E-state index contributed by atoms with van der Waals surface area (Å²) in [5.74, 6) is 0.445. The molecule has 6 heteroatoms. The third kappa shape index (κ3) is 6.47. The molecule has 0 saturated carbocycles. The molecule has 0 aliphatic rings. The first-order chi connectivity index (χ1) is 10.2. The second-order valence-corrected chi connectivity index (χ2v) is 6.02. The summed E-state index contributed by atoms with van der Waals surface area (Å²) < 4.78 is 10.6. The number of carbonyl (C=O) groups excluding carboxylic acids is 2. The molecule has 1 aromatic rings. The van der Waals surface area contributed by atoms with Crippen LogP contribution in [0.25, 0.3) is 0 Å². The number of methoxy groups -OCH3 is 1. The van der Waals surface area contributed by atoms with Crippen molar-refractivity contribution in [3.63, 3.8) is 0 Å². The van der Waals surface area contributed by atoms with E-state index in [1.54, 1.807) is 13.2 Å². The van der Waals surface area contributed by atoms with Gasteiger partial charge in [-0.05, 0) is 45.4 Å². The van der Waals surface area contributed by atoms with Crippen LogP contribution in [0.3, 0.4) is 0 Å². The Hall–Kier alpha value is -2.24. The first-order valence-electron chi connectivity index (χ1n) is 7.06. The van der Waals surface area contributed by atoms with Crippen LogP contribution in [-0.2, 0) is 9.59 Å². The van der Waals surface area contributed by atoms with Gasteiger partial charge in [0.15, 0.2) is 18.1 Å². The van der Waals surface area contributed by atoms with Crippen LogP contribution >= 0.6 is 0 Å². The second kappa shape index (κ2) is 7.68. The fraction of sp³-hybridized carbons (Fsp3) is 0.500. The van der Waals surface area contributed by atoms with Gasteiger partial charge in [-0.25, -0.2) is 0 Å². The average Bonchev–Trinajstić information content (AvgIpc) is 2.41. The van der Waals surface area contributed by atoms with Crippen molar-refractivity contribution in [3.8, 4) is 11.5 Å². The summed E-state index contributed by atoms with van der Waals surface area (Å²) in [4.78, 5) is 23.3. The number of ether oxygens (including phenoxy) is 2. The van der Waals surface area contributed by atoms with E-state index < -0.39 is 0 Å². The van der Waals surface area contributed by atoms with Crippen LogP contribution in [0.2, 0.25) is 0 Å². The van der Waals surface area contributed by atoms with Crippen LogP contribution in [0, 0.1) is 6.92 Å². The summed E-state index contributed by atoms with van der Waals surface area (Å²) in [7, 11) is 1.54. The molecule has 2 N–H and O–H groups in total. The van der Waals surface area contributed by atoms with Crippen molar-refractivity contribution in [2.24, 2.45) is 0 Å². The van der Waals surface area contributed by atoms with Gasteiger partial charge in [-0.2, -0.15) is 0 Å². The standard InChI is InChI=1S/C16H24N2O4/c1-11-6-7-12(13(8-11)21-5)22-10-15(20)17-9-14(19)18-16(2,3)4/h6-8H,9-10H2,1-5H3,(H,17,20)(H,18,19). The Labute approximate surface area is 131 Å². The lowest BCUT2D eigenvalue weighted by Crippen LogP contribution is -2.46. The van der Waals surface area contributed by atoms with Crippen molar-refractivity contribution in [3.05, 3.63) is 23.8 Å². The number of benzene rings is 1. The Kier molecular flexibility index (Phi) is 6.22. The van der Waals surface area contributed by atoms with E-state index in [0.717, 1.165) is 5.56 Å². The zero-order chi connectivity index (χ0) is 16.8. The SMILES string of the molecule is COc1cc(C)ccc1OCC(=O)NCC(=O)NC(C)(C)C. The lowest BCUT2D eigenvalue weighted by atomic mass is 10.1. The lowest BCUT2D eigenvalue weighted by Gasteiger charge is -2.20. The summed E-state index contributed by atoms with van der Waals surface area (Å²) in [5.41, 5.74) is 0.709. The molecule has 1 rings (SSSR count). The van der Waals surface area contributed by atoms with E-state index in [9.17, 15) is 9.59 Å². The molecule has 0 aliphatic carbocycles. The van der Waals surface area contributed by atoms with E-state index in [2.05, 4.69) is 10.6 Å². The average molecular weight is 308 g/mol. The molecule has 0 radical (unpaired) electrons. The van der Waals surface area contributed by atoms with Gasteiger partial charge in [0.25, 0.3) is 5.91 Å². The molecule has 6 nitrogen and oxygen atoms in total. The van der Waals surface area contributed by atoms with Crippen LogP contribution in [0.4, 0.5) is 0 Å². The largest absolute Gasteiger partial charge is 0.493 e. The molecule has 0 unspecified atom stereocenters. The predicted octanol–water partition coefficient (Wildman–Crippen LogP) is 1.41. The van der Waals surface area contributed by atoms with E-state index >= 15 is 0 Å². The zero-order valence-electron chi connectivity index (χ0n) is 13.8. The minimum atomic E-state index is -0.369. The van der Waals surface area contributed by atoms with Crippen molar-refractivity contribution in [2.45, 2.75) is 33.2 Å². The Morgan fingerprint density at radius 1 is 1.14 bits per heavy atom. The maximum Gasteiger partial charge on any atom is 0.258 e. The summed E-state index contributed by atoms with van der Waals surface area (Å²) in [6, 6.07) is 5.43. The highest BCUT2D eigenvalue weighted by molar-refractivity contribution is 5.85. The third-order valence-electron chi connectivity index (χ3n) is 2.64. The molecule has 0 aromatic heterocycles. The molecule has 0 aliphatic heterocycles. The van der Waals surface area contributed by atoms with Gasteiger partial charge >= 0.3 is 0 Å². The first kappa shape index (κ1) is 17.8. The van der Waals surface area contributed by atoms with E-state index in [-0.39, 0.29) is 30.5 Å². The molecule has 0 fully saturated rings. The number of rotatable bonds is 6. The Balaban J connectivity index is 2.42. The minimum Gasteiger partial charge on any atom is -0.493 e. The van der Waals surface area contributed by atoms with Gasteiger partial charge in [0.05, 0.1) is 13.7 Å². The Morgan fingerprint density at radius 3 is 2.41 bits per heavy atom. The molecule has 0 bridgehead atoms. The number of nitrogens with one attached hydrogen (secondary N) is 2. The van der Waals surface area contributed by atoms with Gasteiger partial charge < -0.3 is 20.1 Å². The second-order valence-electron chi connectivity index (χ2n) is 6.02. The maximum absolute atomic E-state index is 11.7. The quantitative estimate of drug-likeness (QED) is 0.833. The van der Waals surface area contributed by atoms with E-state index in [0.29, 0.717) is 11.5 Å². The van der Waals surface area contributed by atoms with Gasteiger partial charge in [-0.1, -0.05) is 6.07 Å². The third-order valence-corrected chi connectivity index (χ3v) is 2.64. The fourth-order valence-corrected chi connectivity index (χ4v) is 1.73. The van der Waals surface area contributed by atoms with Crippen molar-refractivity contribution in [1.82, 2.24) is 10.6 Å². The van der Waals surface area contributed by atoms with Gasteiger partial charge in [0, 0.05) is 5.54 Å². The van der Waals surface area contributed by atoms with Gasteiger partial charge in [-0.3, -0.25) is 9.59 Å². The number of carbonyl (C=O) groups is 2. The Bertz CT molecular complexity index is 535. The van der Waals surface area contributed by atoms with E-state index in [1.165, 1.54) is 0 Å². The van der Waals surface area contributed by atoms with Crippen molar-refractivity contribution in [1.29, 1.82) is 0 Å². The molecule has 2 amide bonds. The van der Waals surface area contributed by atoms with E-state index in [4.69, 9.17) is 9.47 Å². The van der Waals surface area contributed by atoms with E-state index in [1.807, 2.05) is 39.8 Å². The highest BCUT2D eigenvalue weighted by atomic mass is 16.5. The highest BCUT2D eigenvalue weighted by Gasteiger charge is 2.14. The molecular weight excluding hydrogens is 284 g/mol. The maximum atomic E-state index is 11.7. The minimum absolute atomic E-state index is 0.0789. The van der Waals surface area contributed by atoms with Crippen molar-refractivity contribution in [2.75, 3.05) is 20.3 Å². The summed E-state index contributed by atoms with van der Waals surface area (Å²) in [5, 5.41) is 5.27. The van der Waals surface area contributed by atoms with Crippen LogP contribution in [0.1, 0.15) is 26.3 Å². The van der Waals surface area contributed by atoms with Gasteiger partial charge in [-0.15, -0.1) is 0 Å². The summed E-state index contributed by atoms with van der Waals surface area (Å²) >= 11 is 0. The highest BCUT2D eigenvalue weighted by Crippen LogP contribution is 2.27. The molecule has 122 valence electrons. The normalized spacial score (nSPS) is 10.8. The number of hydrogen-bond acceptors (Lipinski definition) is 4. The monoisotopic (exact) mass is 308 g/mol. The Morgan fingerprint density at radius 2 is 1.82 bits per heavy atom. The van der Waals surface area contributed by atoms with Crippen molar-refractivity contribution < 1.29 is 19.1 Å². The fourth-order valence-electron chi connectivity index (χ4n) is 1.73. The molecule has 0 atom stereocenters. The lowest BCUT2D eigenvalue weighted by molar-refractivity contribution is -0.127. The number of aryl methyl sites for hydroxylation is 1. The summed E-state index contributed by atoms with van der Waals surface area (Å²) in [6.45, 7) is 7.30. The van der Waals surface area contributed by atoms with Crippen LogP contribution in [-0.4, -0.2) is 37.6 Å². The molecule has 22 heavy (non-hydrogen) atoms. The van der Waals surface area contributed by atoms with Crippen LogP contribution in [0.5, 0.6) is 11.5 Å². The molecule has 0 heterocycles. The molecule has 1 aromatic carbocycles. The predicted molar refractivity (Wildman–Crippen MR) is 84.1 cm³/mol. The summed E-state index contributed by atoms with van der Waals surface area (Å²) in [6.07, 6.45) is 0. The zero-order valence-corrected chi connectivity index (χ0v) is 13.8. The molecule has 0 spiro atoms. The molecular formula is C16H24N2O4. The topological polar surface area (TPSA) is 76.7 Å². The van der Waals surface area contributed by atoms with Crippen LogP contribution < -0.4 is 20.1 Å². The smallest absolute Gasteiger partial charge is 0.258 e. The number of hydrogen-bond donors (Lipinski definition) is 2. The number of amides is 2. The van der Waals surface area contributed by atoms with Gasteiger partial charge in [0.1, 0.15) is 0 Å². The van der Waals surface area contributed by atoms with Crippen molar-refractivity contribution >= 4 is 11.8 Å².